The number of aromatic amines is 1. The van der Waals surface area contributed by atoms with E-state index >= 15 is 0 Å². The zero-order chi connectivity index (χ0) is 20.8. The molecule has 0 amide bonds. The van der Waals surface area contributed by atoms with Crippen LogP contribution in [0.5, 0.6) is 0 Å². The van der Waals surface area contributed by atoms with E-state index in [9.17, 15) is 13.2 Å². The summed E-state index contributed by atoms with van der Waals surface area (Å²) in [6.07, 6.45) is 1.19. The maximum atomic E-state index is 13.0. The summed E-state index contributed by atoms with van der Waals surface area (Å²) in [6, 6.07) is 12.2. The zero-order valence-electron chi connectivity index (χ0n) is 15.6. The van der Waals surface area contributed by atoms with Crippen LogP contribution in [-0.2, 0) is 32.2 Å². The molecule has 5 nitrogen and oxygen atoms in total. The van der Waals surface area contributed by atoms with Crippen LogP contribution in [0.1, 0.15) is 11.3 Å². The molecular weight excluding hydrogens is 478 g/mol. The van der Waals surface area contributed by atoms with Gasteiger partial charge in [0.15, 0.2) is 9.84 Å². The van der Waals surface area contributed by atoms with Gasteiger partial charge in [0.05, 0.1) is 23.7 Å². The van der Waals surface area contributed by atoms with Crippen LogP contribution in [0.25, 0.3) is 10.9 Å². The lowest BCUT2D eigenvalue weighted by Crippen LogP contribution is -2.32. The molecule has 29 heavy (non-hydrogen) atoms. The summed E-state index contributed by atoms with van der Waals surface area (Å²) in [5.74, 6) is -1.70. The number of carbonyl (C=O) groups excluding carboxylic acids is 1. The third-order valence-electron chi connectivity index (χ3n) is 5.52. The van der Waals surface area contributed by atoms with Crippen molar-refractivity contribution in [1.29, 1.82) is 0 Å². The molecule has 0 aliphatic heterocycles. The predicted molar refractivity (Wildman–Crippen MR) is 116 cm³/mol. The van der Waals surface area contributed by atoms with Crippen molar-refractivity contribution in [2.75, 3.05) is 12.9 Å². The van der Waals surface area contributed by atoms with E-state index in [1.807, 2.05) is 18.2 Å². The van der Waals surface area contributed by atoms with Gasteiger partial charge in [-0.3, -0.25) is 4.79 Å². The Hall–Kier alpha value is -1.83. The molecule has 1 heterocycles. The second kappa shape index (κ2) is 7.78. The van der Waals surface area contributed by atoms with Gasteiger partial charge in [0.2, 0.25) is 0 Å². The van der Waals surface area contributed by atoms with Crippen LogP contribution in [0.3, 0.4) is 0 Å². The summed E-state index contributed by atoms with van der Waals surface area (Å²) >= 11 is 9.45. The van der Waals surface area contributed by atoms with Gasteiger partial charge in [0, 0.05) is 26.1 Å². The fourth-order valence-electron chi connectivity index (χ4n) is 4.11. The normalized spacial score (nSPS) is 17.3. The average Bonchev–Trinajstić information content (AvgIpc) is 3.23. The lowest BCUT2D eigenvalue weighted by molar-refractivity contribution is -0.146. The third-order valence-corrected chi connectivity index (χ3v) is 8.01. The molecule has 0 spiro atoms. The molecular formula is C21H19BrClNO4S. The summed E-state index contributed by atoms with van der Waals surface area (Å²) in [7, 11) is -2.36. The monoisotopic (exact) mass is 495 g/mol. The molecule has 0 fully saturated rings. The molecule has 3 aromatic rings. The Morgan fingerprint density at radius 3 is 2.79 bits per heavy atom. The van der Waals surface area contributed by atoms with Crippen LogP contribution in [0.2, 0.25) is 5.02 Å². The number of esters is 1. The van der Waals surface area contributed by atoms with E-state index in [2.05, 4.69) is 20.9 Å². The number of nitrogens with one attached hydrogen (secondary N) is 1. The molecule has 0 radical (unpaired) electrons. The lowest BCUT2D eigenvalue weighted by atomic mass is 9.91. The van der Waals surface area contributed by atoms with Gasteiger partial charge in [0.1, 0.15) is 0 Å². The Labute approximate surface area is 182 Å². The Morgan fingerprint density at radius 2 is 2.07 bits per heavy atom. The summed E-state index contributed by atoms with van der Waals surface area (Å²) in [6.45, 7) is 0. The van der Waals surface area contributed by atoms with E-state index in [0.717, 1.165) is 22.2 Å². The SMILES string of the molecule is COC(=O)C(CS(=O)(=O)c1cccc(Br)c1)C1Cc2[nH]c3ccc(Cl)cc3c2C1. The van der Waals surface area contributed by atoms with Crippen LogP contribution >= 0.6 is 27.5 Å². The first kappa shape index (κ1) is 20.4. The third kappa shape index (κ3) is 3.96. The fourth-order valence-corrected chi connectivity index (χ4v) is 6.49. The number of benzene rings is 2. The Bertz CT molecular complexity index is 1200. The van der Waals surface area contributed by atoms with Crippen LogP contribution in [0.15, 0.2) is 51.8 Å². The zero-order valence-corrected chi connectivity index (χ0v) is 18.8. The molecule has 1 aromatic heterocycles. The molecule has 4 rings (SSSR count). The van der Waals surface area contributed by atoms with E-state index in [0.29, 0.717) is 22.3 Å². The highest BCUT2D eigenvalue weighted by Crippen LogP contribution is 2.38. The topological polar surface area (TPSA) is 76.2 Å². The van der Waals surface area contributed by atoms with Gasteiger partial charge < -0.3 is 9.72 Å². The molecule has 0 bridgehead atoms. The standard InChI is InChI=1S/C21H19BrClNO4S/c1-28-21(25)18(11-29(26,27)15-4-2-3-13(22)9-15)12-7-16-17-10-14(23)5-6-19(17)24-20(16)8-12/h2-6,9-10,12,18,24H,7-8,11H2,1H3. The van der Waals surface area contributed by atoms with Gasteiger partial charge >= 0.3 is 5.97 Å². The van der Waals surface area contributed by atoms with Gasteiger partial charge in [-0.05, 0) is 60.7 Å². The summed E-state index contributed by atoms with van der Waals surface area (Å²) in [4.78, 5) is 16.1. The van der Waals surface area contributed by atoms with Crippen molar-refractivity contribution in [2.24, 2.45) is 11.8 Å². The first-order valence-electron chi connectivity index (χ1n) is 9.13. The molecule has 0 saturated carbocycles. The number of rotatable bonds is 5. The van der Waals surface area contributed by atoms with Crippen molar-refractivity contribution in [1.82, 2.24) is 4.98 Å². The number of sulfone groups is 1. The number of carbonyl (C=O) groups is 1. The minimum Gasteiger partial charge on any atom is -0.469 e. The second-order valence-corrected chi connectivity index (χ2v) is 10.7. The molecule has 2 atom stereocenters. The van der Waals surface area contributed by atoms with E-state index in [1.165, 1.54) is 7.11 Å². The van der Waals surface area contributed by atoms with Crippen molar-refractivity contribution in [3.8, 4) is 0 Å². The molecule has 2 unspecified atom stereocenters. The maximum Gasteiger partial charge on any atom is 0.310 e. The summed E-state index contributed by atoms with van der Waals surface area (Å²) in [5, 5.41) is 1.66. The van der Waals surface area contributed by atoms with Crippen molar-refractivity contribution in [2.45, 2.75) is 17.7 Å². The van der Waals surface area contributed by atoms with Crippen LogP contribution < -0.4 is 0 Å². The largest absolute Gasteiger partial charge is 0.469 e. The molecule has 2 aromatic carbocycles. The van der Waals surface area contributed by atoms with E-state index in [-0.39, 0.29) is 16.6 Å². The van der Waals surface area contributed by atoms with Gasteiger partial charge in [0.25, 0.3) is 0 Å². The molecule has 8 heteroatoms. The maximum absolute atomic E-state index is 13.0. The number of ether oxygens (including phenoxy) is 1. The van der Waals surface area contributed by atoms with Crippen LogP contribution in [0.4, 0.5) is 0 Å². The average molecular weight is 497 g/mol. The number of fused-ring (bicyclic) bond motifs is 3. The number of halogens is 2. The molecule has 0 saturated heterocycles. The smallest absolute Gasteiger partial charge is 0.310 e. The molecule has 1 N–H and O–H groups in total. The number of H-pyrrole nitrogens is 1. The van der Waals surface area contributed by atoms with Crippen LogP contribution in [0, 0.1) is 11.8 Å². The first-order valence-corrected chi connectivity index (χ1v) is 12.0. The minimum atomic E-state index is -3.66. The molecule has 1 aliphatic carbocycles. The van der Waals surface area contributed by atoms with E-state index < -0.39 is 21.7 Å². The highest BCUT2D eigenvalue weighted by atomic mass is 79.9. The highest BCUT2D eigenvalue weighted by Gasteiger charge is 2.39. The highest BCUT2D eigenvalue weighted by molar-refractivity contribution is 9.10. The molecule has 152 valence electrons. The predicted octanol–water partition coefficient (Wildman–Crippen LogP) is 4.56. The quantitative estimate of drug-likeness (QED) is 0.525. The summed E-state index contributed by atoms with van der Waals surface area (Å²) in [5.41, 5.74) is 3.12. The Morgan fingerprint density at radius 1 is 1.28 bits per heavy atom. The van der Waals surface area contributed by atoms with Crippen molar-refractivity contribution < 1.29 is 17.9 Å². The van der Waals surface area contributed by atoms with Crippen molar-refractivity contribution in [3.05, 3.63) is 63.2 Å². The van der Waals surface area contributed by atoms with Crippen molar-refractivity contribution >= 4 is 54.2 Å². The Kier molecular flexibility index (Phi) is 5.48. The fraction of sp³-hybridized carbons (Fsp3) is 0.286. The summed E-state index contributed by atoms with van der Waals surface area (Å²) < 4.78 is 31.6. The van der Waals surface area contributed by atoms with Gasteiger partial charge in [-0.1, -0.05) is 33.6 Å². The Balaban J connectivity index is 1.64. The van der Waals surface area contributed by atoms with Crippen molar-refractivity contribution in [3.63, 3.8) is 0 Å². The minimum absolute atomic E-state index is 0.158. The van der Waals surface area contributed by atoms with Gasteiger partial charge in [-0.15, -0.1) is 0 Å². The van der Waals surface area contributed by atoms with Gasteiger partial charge in [-0.2, -0.15) is 0 Å². The number of aromatic nitrogens is 1. The van der Waals surface area contributed by atoms with E-state index in [1.54, 1.807) is 24.3 Å². The van der Waals surface area contributed by atoms with E-state index in [4.69, 9.17) is 16.3 Å². The number of hydrogen-bond acceptors (Lipinski definition) is 4. The lowest BCUT2D eigenvalue weighted by Gasteiger charge is -2.21. The number of methoxy groups -OCH3 is 1. The molecule has 1 aliphatic rings. The first-order chi connectivity index (χ1) is 13.8. The second-order valence-electron chi connectivity index (χ2n) is 7.31. The number of hydrogen-bond donors (Lipinski definition) is 1. The van der Waals surface area contributed by atoms with Gasteiger partial charge in [-0.25, -0.2) is 8.42 Å². The van der Waals surface area contributed by atoms with Crippen LogP contribution in [-0.4, -0.2) is 32.2 Å².